The van der Waals surface area contributed by atoms with Crippen molar-refractivity contribution in [1.82, 2.24) is 0 Å². The fraction of sp³-hybridized carbons (Fsp3) is 0.111. The smallest absolute Gasteiger partial charge is 0.257 e. The van der Waals surface area contributed by atoms with Gasteiger partial charge in [-0.3, -0.25) is 0 Å². The van der Waals surface area contributed by atoms with E-state index in [9.17, 15) is 4.39 Å². The van der Waals surface area contributed by atoms with E-state index >= 15 is 0 Å². The van der Waals surface area contributed by atoms with Crippen molar-refractivity contribution in [1.29, 1.82) is 0 Å². The Balaban J connectivity index is 2.83. The van der Waals surface area contributed by atoms with Gasteiger partial charge in [-0.1, -0.05) is 22.5 Å². The number of hydrogen-bond donors (Lipinski definition) is 0. The quantitative estimate of drug-likeness (QED) is 0.589. The lowest BCUT2D eigenvalue weighted by molar-refractivity contribution is 0.113. The number of hydrogen-bond acceptors (Lipinski definition) is 1. The highest BCUT2D eigenvalue weighted by molar-refractivity contribution is 14.1. The summed E-state index contributed by atoms with van der Waals surface area (Å²) in [5.41, 5.74) is 0. The molecule has 4 heteroatoms. The molecule has 0 saturated carbocycles. The van der Waals surface area contributed by atoms with Gasteiger partial charge < -0.3 is 4.74 Å². The first kappa shape index (κ1) is 11.0. The molecule has 0 radical (unpaired) electrons. The third kappa shape index (κ3) is 3.27. The molecular weight excluding hydrogens is 350 g/mol. The van der Waals surface area contributed by atoms with Crippen LogP contribution in [0.2, 0.25) is 0 Å². The van der Waals surface area contributed by atoms with Gasteiger partial charge in [-0.2, -0.15) is 4.39 Å². The van der Waals surface area contributed by atoms with Gasteiger partial charge in [0, 0.05) is 4.47 Å². The van der Waals surface area contributed by atoms with Crippen LogP contribution in [0.3, 0.4) is 0 Å². The standard InChI is InChI=1S/C9H7BrFIO/c1-2-9(11)13-8-4-3-6(10)5-7(8)12/h2-5,9H,1H2. The maximum absolute atomic E-state index is 12.7. The van der Waals surface area contributed by atoms with Gasteiger partial charge in [0.1, 0.15) is 5.75 Å². The Bertz CT molecular complexity index is 316. The Morgan fingerprint density at radius 2 is 2.31 bits per heavy atom. The second-order valence-corrected chi connectivity index (χ2v) is 4.36. The van der Waals surface area contributed by atoms with Crippen molar-refractivity contribution in [2.75, 3.05) is 0 Å². The normalized spacial score (nSPS) is 12.2. The molecule has 0 aliphatic heterocycles. The molecule has 0 fully saturated rings. The van der Waals surface area contributed by atoms with Gasteiger partial charge in [-0.15, -0.1) is 0 Å². The molecule has 1 aromatic carbocycles. The molecule has 1 aromatic rings. The van der Waals surface area contributed by atoms with Gasteiger partial charge in [0.25, 0.3) is 6.36 Å². The average Bonchev–Trinajstić information content (AvgIpc) is 2.09. The first-order valence-corrected chi connectivity index (χ1v) is 5.39. The van der Waals surface area contributed by atoms with Gasteiger partial charge in [0.15, 0.2) is 0 Å². The third-order valence-electron chi connectivity index (χ3n) is 1.32. The number of ether oxygens (including phenoxy) is 1. The van der Waals surface area contributed by atoms with Crippen LogP contribution in [0.25, 0.3) is 0 Å². The van der Waals surface area contributed by atoms with E-state index in [1.807, 2.05) is 6.07 Å². The van der Waals surface area contributed by atoms with E-state index in [0.29, 0.717) is 5.75 Å². The van der Waals surface area contributed by atoms with Gasteiger partial charge in [-0.05, 0) is 46.9 Å². The lowest BCUT2D eigenvalue weighted by Crippen LogP contribution is -2.06. The Morgan fingerprint density at radius 1 is 1.62 bits per heavy atom. The largest absolute Gasteiger partial charge is 0.456 e. The fourth-order valence-corrected chi connectivity index (χ4v) is 2.17. The maximum atomic E-state index is 12.7. The Hall–Kier alpha value is -0.100. The van der Waals surface area contributed by atoms with E-state index in [4.69, 9.17) is 4.74 Å². The van der Waals surface area contributed by atoms with Gasteiger partial charge in [-0.25, -0.2) is 0 Å². The molecule has 0 aromatic heterocycles. The first-order valence-electron chi connectivity index (χ1n) is 3.52. The number of benzene rings is 1. The summed E-state index contributed by atoms with van der Waals surface area (Å²) in [6, 6.07) is 5.36. The SMILES string of the molecule is C=CC(F)Oc1ccc(Br)cc1I. The summed E-state index contributed by atoms with van der Waals surface area (Å²) in [5, 5.41) is 0. The lowest BCUT2D eigenvalue weighted by atomic mass is 10.3. The van der Waals surface area contributed by atoms with Crippen molar-refractivity contribution in [2.45, 2.75) is 6.36 Å². The summed E-state index contributed by atoms with van der Waals surface area (Å²) in [6.45, 7) is 3.29. The minimum atomic E-state index is -1.45. The second kappa shape index (κ2) is 4.95. The van der Waals surface area contributed by atoms with Gasteiger partial charge in [0.2, 0.25) is 0 Å². The zero-order valence-electron chi connectivity index (χ0n) is 6.64. The molecule has 0 aliphatic rings. The van der Waals surface area contributed by atoms with Crippen molar-refractivity contribution in [2.24, 2.45) is 0 Å². The number of alkyl halides is 1. The predicted molar refractivity (Wildman–Crippen MR) is 62.6 cm³/mol. The Morgan fingerprint density at radius 3 is 2.85 bits per heavy atom. The van der Waals surface area contributed by atoms with Crippen LogP contribution >= 0.6 is 38.5 Å². The van der Waals surface area contributed by atoms with Crippen molar-refractivity contribution in [3.63, 3.8) is 0 Å². The molecule has 0 N–H and O–H groups in total. The summed E-state index contributed by atoms with van der Waals surface area (Å²) in [5.74, 6) is 0.524. The van der Waals surface area contributed by atoms with E-state index in [1.165, 1.54) is 0 Å². The van der Waals surface area contributed by atoms with Crippen LogP contribution in [0.15, 0.2) is 35.3 Å². The van der Waals surface area contributed by atoms with E-state index in [0.717, 1.165) is 14.1 Å². The molecule has 0 spiro atoms. The highest BCUT2D eigenvalue weighted by atomic mass is 127. The van der Waals surface area contributed by atoms with Crippen molar-refractivity contribution >= 4 is 38.5 Å². The highest BCUT2D eigenvalue weighted by Crippen LogP contribution is 2.25. The minimum absolute atomic E-state index is 0.524. The topological polar surface area (TPSA) is 9.23 Å². The van der Waals surface area contributed by atoms with Crippen LogP contribution < -0.4 is 4.74 Å². The summed E-state index contributed by atoms with van der Waals surface area (Å²) in [6.07, 6.45) is -0.340. The predicted octanol–water partition coefficient (Wildman–Crippen LogP) is 3.91. The summed E-state index contributed by atoms with van der Waals surface area (Å²) < 4.78 is 19.5. The molecule has 1 unspecified atom stereocenters. The average molecular weight is 357 g/mol. The maximum Gasteiger partial charge on any atom is 0.257 e. The fourth-order valence-electron chi connectivity index (χ4n) is 0.740. The molecular formula is C9H7BrFIO. The highest BCUT2D eigenvalue weighted by Gasteiger charge is 2.06. The molecule has 0 heterocycles. The Labute approximate surface area is 98.2 Å². The monoisotopic (exact) mass is 356 g/mol. The third-order valence-corrected chi connectivity index (χ3v) is 2.66. The molecule has 1 atom stereocenters. The first-order chi connectivity index (χ1) is 6.13. The van der Waals surface area contributed by atoms with Crippen molar-refractivity contribution in [3.8, 4) is 5.75 Å². The summed E-state index contributed by atoms with van der Waals surface area (Å²) in [4.78, 5) is 0. The summed E-state index contributed by atoms with van der Waals surface area (Å²) >= 11 is 5.39. The van der Waals surface area contributed by atoms with Crippen LogP contribution in [0, 0.1) is 3.57 Å². The van der Waals surface area contributed by atoms with Gasteiger partial charge in [0.05, 0.1) is 3.57 Å². The van der Waals surface area contributed by atoms with Crippen LogP contribution in [0.5, 0.6) is 5.75 Å². The molecule has 1 rings (SSSR count). The zero-order chi connectivity index (χ0) is 9.84. The van der Waals surface area contributed by atoms with Crippen LogP contribution in [-0.2, 0) is 0 Å². The van der Waals surface area contributed by atoms with Crippen molar-refractivity contribution in [3.05, 3.63) is 38.9 Å². The molecule has 1 nitrogen and oxygen atoms in total. The van der Waals surface area contributed by atoms with Crippen LogP contribution in [0.1, 0.15) is 0 Å². The van der Waals surface area contributed by atoms with E-state index in [-0.39, 0.29) is 0 Å². The lowest BCUT2D eigenvalue weighted by Gasteiger charge is -2.09. The minimum Gasteiger partial charge on any atom is -0.456 e. The molecule has 13 heavy (non-hydrogen) atoms. The zero-order valence-corrected chi connectivity index (χ0v) is 10.4. The molecule has 0 aliphatic carbocycles. The Kier molecular flexibility index (Phi) is 4.18. The molecule has 0 bridgehead atoms. The van der Waals surface area contributed by atoms with Crippen molar-refractivity contribution < 1.29 is 9.13 Å². The number of rotatable bonds is 3. The molecule has 70 valence electrons. The van der Waals surface area contributed by atoms with Crippen LogP contribution in [-0.4, -0.2) is 6.36 Å². The van der Waals surface area contributed by atoms with E-state index < -0.39 is 6.36 Å². The van der Waals surface area contributed by atoms with E-state index in [2.05, 4.69) is 45.1 Å². The molecule has 0 amide bonds. The van der Waals surface area contributed by atoms with Gasteiger partial charge >= 0.3 is 0 Å². The van der Waals surface area contributed by atoms with Crippen LogP contribution in [0.4, 0.5) is 4.39 Å². The second-order valence-electron chi connectivity index (χ2n) is 2.28. The van der Waals surface area contributed by atoms with E-state index in [1.54, 1.807) is 12.1 Å². The number of halogens is 3. The summed E-state index contributed by atoms with van der Waals surface area (Å²) in [7, 11) is 0. The molecule has 0 saturated heterocycles.